The average Bonchev–Trinajstić information content (AvgIpc) is 3.19. The topological polar surface area (TPSA) is 58.2 Å². The predicted octanol–water partition coefficient (Wildman–Crippen LogP) is 2.79. The van der Waals surface area contributed by atoms with Gasteiger partial charge in [-0.15, -0.1) is 11.3 Å². The van der Waals surface area contributed by atoms with Crippen molar-refractivity contribution < 1.29 is 9.59 Å². The van der Waals surface area contributed by atoms with E-state index < -0.39 is 6.04 Å². The van der Waals surface area contributed by atoms with Crippen LogP contribution in [0.15, 0.2) is 17.5 Å². The number of rotatable bonds is 8. The van der Waals surface area contributed by atoms with Crippen molar-refractivity contribution >= 4 is 34.9 Å². The Balaban J connectivity index is 1.56. The third-order valence-corrected chi connectivity index (χ3v) is 5.92. The van der Waals surface area contributed by atoms with Gasteiger partial charge in [0.15, 0.2) is 0 Å². The van der Waals surface area contributed by atoms with E-state index in [4.69, 9.17) is 0 Å². The Bertz CT molecular complexity index is 471. The highest BCUT2D eigenvalue weighted by molar-refractivity contribution is 7.98. The zero-order valence-electron chi connectivity index (χ0n) is 13.0. The second-order valence-corrected chi connectivity index (χ2v) is 7.77. The van der Waals surface area contributed by atoms with Gasteiger partial charge in [-0.05, 0) is 31.2 Å². The van der Waals surface area contributed by atoms with E-state index in [-0.39, 0.29) is 17.7 Å². The summed E-state index contributed by atoms with van der Waals surface area (Å²) in [6.07, 6.45) is 4.17. The summed E-state index contributed by atoms with van der Waals surface area (Å²) in [7, 11) is 0. The van der Waals surface area contributed by atoms with Gasteiger partial charge in [0.05, 0.1) is 0 Å². The van der Waals surface area contributed by atoms with E-state index in [2.05, 4.69) is 28.1 Å². The van der Waals surface area contributed by atoms with Crippen LogP contribution < -0.4 is 10.6 Å². The lowest BCUT2D eigenvalue weighted by Crippen LogP contribution is -2.46. The molecule has 0 radical (unpaired) electrons. The van der Waals surface area contributed by atoms with Crippen LogP contribution in [-0.2, 0) is 15.3 Å². The molecule has 6 heteroatoms. The number of nitrogens with one attached hydrogen (secondary N) is 2. The van der Waals surface area contributed by atoms with Crippen LogP contribution in [-0.4, -0.2) is 30.2 Å². The number of hydrogen-bond acceptors (Lipinski definition) is 4. The normalized spacial score (nSPS) is 16.4. The summed E-state index contributed by atoms with van der Waals surface area (Å²) < 4.78 is 0. The SMILES string of the molecule is CC(NC(=O)C1CCCC1)C(=O)NCCSCc1cccs1. The molecule has 22 heavy (non-hydrogen) atoms. The summed E-state index contributed by atoms with van der Waals surface area (Å²) in [6, 6.07) is 3.73. The average molecular weight is 341 g/mol. The fourth-order valence-electron chi connectivity index (χ4n) is 2.55. The maximum atomic E-state index is 12.0. The first-order chi connectivity index (χ1) is 10.7. The summed E-state index contributed by atoms with van der Waals surface area (Å²) in [5.74, 6) is 1.92. The molecule has 0 aromatic carbocycles. The fourth-order valence-corrected chi connectivity index (χ4v) is 4.25. The first kappa shape index (κ1) is 17.3. The van der Waals surface area contributed by atoms with E-state index >= 15 is 0 Å². The molecular formula is C16H24N2O2S2. The first-order valence-electron chi connectivity index (χ1n) is 7.85. The zero-order valence-corrected chi connectivity index (χ0v) is 14.6. The molecule has 2 amide bonds. The molecule has 1 atom stereocenters. The van der Waals surface area contributed by atoms with E-state index in [1.807, 2.05) is 11.8 Å². The molecule has 0 bridgehead atoms. The van der Waals surface area contributed by atoms with Crippen molar-refractivity contribution in [1.82, 2.24) is 10.6 Å². The van der Waals surface area contributed by atoms with Crippen molar-refractivity contribution in [2.45, 2.75) is 44.4 Å². The molecule has 1 aliphatic rings. The number of thioether (sulfide) groups is 1. The molecule has 1 aliphatic carbocycles. The van der Waals surface area contributed by atoms with E-state index in [0.29, 0.717) is 6.54 Å². The Morgan fingerprint density at radius 1 is 1.41 bits per heavy atom. The Morgan fingerprint density at radius 3 is 2.86 bits per heavy atom. The Kier molecular flexibility index (Phi) is 7.25. The van der Waals surface area contributed by atoms with Crippen molar-refractivity contribution in [3.63, 3.8) is 0 Å². The number of carbonyl (C=O) groups excluding carboxylic acids is 2. The van der Waals surface area contributed by atoms with Gasteiger partial charge in [-0.2, -0.15) is 11.8 Å². The van der Waals surface area contributed by atoms with Crippen LogP contribution in [0, 0.1) is 5.92 Å². The molecular weight excluding hydrogens is 316 g/mol. The summed E-state index contributed by atoms with van der Waals surface area (Å²) in [5, 5.41) is 7.79. The highest BCUT2D eigenvalue weighted by atomic mass is 32.2. The minimum absolute atomic E-state index is 0.0345. The number of amides is 2. The minimum atomic E-state index is -0.449. The lowest BCUT2D eigenvalue weighted by Gasteiger charge is -2.16. The van der Waals surface area contributed by atoms with Gasteiger partial charge in [-0.3, -0.25) is 9.59 Å². The van der Waals surface area contributed by atoms with E-state index in [1.165, 1.54) is 4.88 Å². The maximum Gasteiger partial charge on any atom is 0.242 e. The highest BCUT2D eigenvalue weighted by Crippen LogP contribution is 2.24. The third-order valence-electron chi connectivity index (χ3n) is 3.85. The maximum absolute atomic E-state index is 12.0. The summed E-state index contributed by atoms with van der Waals surface area (Å²) >= 11 is 3.56. The second-order valence-electron chi connectivity index (χ2n) is 5.63. The fraction of sp³-hybridized carbons (Fsp3) is 0.625. The molecule has 4 nitrogen and oxygen atoms in total. The molecule has 1 fully saturated rings. The van der Waals surface area contributed by atoms with Crippen LogP contribution in [0.4, 0.5) is 0 Å². The summed E-state index contributed by atoms with van der Waals surface area (Å²) in [4.78, 5) is 25.3. The van der Waals surface area contributed by atoms with Gasteiger partial charge in [0.2, 0.25) is 11.8 Å². The Hall–Kier alpha value is -1.01. The van der Waals surface area contributed by atoms with Gasteiger partial charge < -0.3 is 10.6 Å². The van der Waals surface area contributed by atoms with E-state index in [0.717, 1.165) is 37.2 Å². The molecule has 1 unspecified atom stereocenters. The van der Waals surface area contributed by atoms with Gasteiger partial charge >= 0.3 is 0 Å². The van der Waals surface area contributed by atoms with Gasteiger partial charge in [-0.1, -0.05) is 18.9 Å². The third kappa shape index (κ3) is 5.65. The van der Waals surface area contributed by atoms with Crippen LogP contribution in [0.3, 0.4) is 0 Å². The molecule has 2 N–H and O–H groups in total. The Morgan fingerprint density at radius 2 is 2.18 bits per heavy atom. The quantitative estimate of drug-likeness (QED) is 0.716. The number of thiophene rings is 1. The smallest absolute Gasteiger partial charge is 0.242 e. The van der Waals surface area contributed by atoms with Crippen molar-refractivity contribution in [2.24, 2.45) is 5.92 Å². The summed E-state index contributed by atoms with van der Waals surface area (Å²) in [5.41, 5.74) is 0. The monoisotopic (exact) mass is 340 g/mol. The van der Waals surface area contributed by atoms with Crippen molar-refractivity contribution in [3.05, 3.63) is 22.4 Å². The van der Waals surface area contributed by atoms with Crippen LogP contribution in [0.5, 0.6) is 0 Å². The van der Waals surface area contributed by atoms with Gasteiger partial charge in [-0.25, -0.2) is 0 Å². The van der Waals surface area contributed by atoms with Gasteiger partial charge in [0.25, 0.3) is 0 Å². The predicted molar refractivity (Wildman–Crippen MR) is 93.1 cm³/mol. The summed E-state index contributed by atoms with van der Waals surface area (Å²) in [6.45, 7) is 2.39. The molecule has 1 aromatic heterocycles. The largest absolute Gasteiger partial charge is 0.353 e. The Labute approximate surface area is 140 Å². The molecule has 2 rings (SSSR count). The number of hydrogen-bond donors (Lipinski definition) is 2. The highest BCUT2D eigenvalue weighted by Gasteiger charge is 2.25. The van der Waals surface area contributed by atoms with Crippen LogP contribution in [0.1, 0.15) is 37.5 Å². The van der Waals surface area contributed by atoms with Crippen LogP contribution >= 0.6 is 23.1 Å². The first-order valence-corrected chi connectivity index (χ1v) is 9.88. The van der Waals surface area contributed by atoms with E-state index in [1.54, 1.807) is 18.3 Å². The van der Waals surface area contributed by atoms with Crippen molar-refractivity contribution in [3.8, 4) is 0 Å². The standard InChI is InChI=1S/C16H24N2O2S2/c1-12(18-16(20)13-5-2-3-6-13)15(19)17-8-10-21-11-14-7-4-9-22-14/h4,7,9,12-13H,2-3,5-6,8,10-11H2,1H3,(H,17,19)(H,18,20). The lowest BCUT2D eigenvalue weighted by atomic mass is 10.1. The molecule has 0 aliphatic heterocycles. The van der Waals surface area contributed by atoms with Crippen LogP contribution in [0.2, 0.25) is 0 Å². The van der Waals surface area contributed by atoms with E-state index in [9.17, 15) is 9.59 Å². The van der Waals surface area contributed by atoms with Gasteiger partial charge in [0, 0.05) is 28.8 Å². The second kappa shape index (κ2) is 9.20. The molecule has 122 valence electrons. The molecule has 0 spiro atoms. The minimum Gasteiger partial charge on any atom is -0.353 e. The van der Waals surface area contributed by atoms with Crippen molar-refractivity contribution in [1.29, 1.82) is 0 Å². The van der Waals surface area contributed by atoms with Crippen molar-refractivity contribution in [2.75, 3.05) is 12.3 Å². The molecule has 1 aromatic rings. The molecule has 1 saturated carbocycles. The number of carbonyl (C=O) groups is 2. The molecule has 0 saturated heterocycles. The van der Waals surface area contributed by atoms with Gasteiger partial charge in [0.1, 0.15) is 6.04 Å². The molecule has 1 heterocycles. The van der Waals surface area contributed by atoms with Crippen LogP contribution in [0.25, 0.3) is 0 Å². The zero-order chi connectivity index (χ0) is 15.8. The lowest BCUT2D eigenvalue weighted by molar-refractivity contribution is -0.130.